The molecule has 1 heterocycles. The van der Waals surface area contributed by atoms with E-state index in [1.807, 2.05) is 12.1 Å². The van der Waals surface area contributed by atoms with Crippen LogP contribution >= 0.6 is 11.6 Å². The van der Waals surface area contributed by atoms with Crippen LogP contribution in [0.25, 0.3) is 0 Å². The lowest BCUT2D eigenvalue weighted by Gasteiger charge is -2.12. The molecule has 0 bridgehead atoms. The molecule has 2 rings (SSSR count). The normalized spacial score (nSPS) is 10.3. The number of ether oxygens (including phenoxy) is 1. The van der Waals surface area contributed by atoms with Crippen LogP contribution in [-0.4, -0.2) is 9.97 Å². The van der Waals surface area contributed by atoms with Gasteiger partial charge in [0.05, 0.1) is 5.56 Å². The minimum absolute atomic E-state index is 0.493. The lowest BCUT2D eigenvalue weighted by Crippen LogP contribution is -2.12. The number of hydrazine groups is 1. The Morgan fingerprint density at radius 3 is 2.89 bits per heavy atom. The van der Waals surface area contributed by atoms with Gasteiger partial charge >= 0.3 is 0 Å². The molecule has 0 atom stereocenters. The van der Waals surface area contributed by atoms with Crippen LogP contribution in [0.4, 0.5) is 5.82 Å². The van der Waals surface area contributed by atoms with Gasteiger partial charge in [-0.05, 0) is 24.6 Å². The Morgan fingerprint density at radius 1 is 1.37 bits per heavy atom. The summed E-state index contributed by atoms with van der Waals surface area (Å²) in [4.78, 5) is 8.24. The first-order valence-corrected chi connectivity index (χ1v) is 6.36. The molecular weight excluding hydrogens is 264 g/mol. The van der Waals surface area contributed by atoms with Gasteiger partial charge in [-0.2, -0.15) is 0 Å². The van der Waals surface area contributed by atoms with Gasteiger partial charge in [-0.15, -0.1) is 0 Å². The van der Waals surface area contributed by atoms with E-state index in [9.17, 15) is 0 Å². The van der Waals surface area contributed by atoms with Gasteiger partial charge in [0.2, 0.25) is 5.88 Å². The Kier molecular flexibility index (Phi) is 4.54. The van der Waals surface area contributed by atoms with Crippen molar-refractivity contribution in [3.63, 3.8) is 0 Å². The summed E-state index contributed by atoms with van der Waals surface area (Å²) in [6.07, 6.45) is 3.12. The van der Waals surface area contributed by atoms with Gasteiger partial charge in [0.1, 0.15) is 17.9 Å². The lowest BCUT2D eigenvalue weighted by molar-refractivity contribution is 0.454. The summed E-state index contributed by atoms with van der Waals surface area (Å²) >= 11 is 5.93. The second-order valence-corrected chi connectivity index (χ2v) is 4.40. The molecule has 1 aromatic heterocycles. The number of hydrogen-bond acceptors (Lipinski definition) is 5. The summed E-state index contributed by atoms with van der Waals surface area (Å²) in [6.45, 7) is 2.07. The molecule has 0 unspecified atom stereocenters. The first-order chi connectivity index (χ1) is 9.24. The fraction of sp³-hybridized carbons (Fsp3) is 0.231. The van der Waals surface area contributed by atoms with Crippen LogP contribution in [0, 0.1) is 0 Å². The van der Waals surface area contributed by atoms with Crippen molar-refractivity contribution in [2.75, 3.05) is 5.43 Å². The molecule has 2 aromatic rings. The summed E-state index contributed by atoms with van der Waals surface area (Å²) in [5.41, 5.74) is 3.41. The third-order valence-electron chi connectivity index (χ3n) is 2.55. The van der Waals surface area contributed by atoms with E-state index in [-0.39, 0.29) is 0 Å². The summed E-state index contributed by atoms with van der Waals surface area (Å²) in [5, 5.41) is 0.612. The molecule has 1 aromatic carbocycles. The fourth-order valence-electron chi connectivity index (χ4n) is 1.73. The molecule has 0 aliphatic carbocycles. The highest BCUT2D eigenvalue weighted by molar-refractivity contribution is 6.30. The molecule has 6 heteroatoms. The van der Waals surface area contributed by atoms with Crippen LogP contribution in [0.1, 0.15) is 18.9 Å². The van der Waals surface area contributed by atoms with Crippen molar-refractivity contribution in [2.45, 2.75) is 19.8 Å². The predicted molar refractivity (Wildman–Crippen MR) is 75.4 cm³/mol. The molecule has 0 aliphatic heterocycles. The van der Waals surface area contributed by atoms with E-state index in [4.69, 9.17) is 22.2 Å². The fourth-order valence-corrected chi connectivity index (χ4v) is 1.91. The summed E-state index contributed by atoms with van der Waals surface area (Å²) in [7, 11) is 0. The van der Waals surface area contributed by atoms with Crippen molar-refractivity contribution < 1.29 is 4.74 Å². The molecular formula is C13H15ClN4O. The largest absolute Gasteiger partial charge is 0.438 e. The summed E-state index contributed by atoms with van der Waals surface area (Å²) in [6, 6.07) is 7.16. The molecule has 5 nitrogen and oxygen atoms in total. The zero-order valence-corrected chi connectivity index (χ0v) is 11.3. The molecule has 19 heavy (non-hydrogen) atoms. The highest BCUT2D eigenvalue weighted by Gasteiger charge is 2.12. The zero-order chi connectivity index (χ0) is 13.7. The summed E-state index contributed by atoms with van der Waals surface area (Å²) in [5.74, 6) is 7.15. The standard InChI is InChI=1S/C13H15ClN4O/c1-2-4-11-12(18-15)16-8-17-13(11)19-10-6-3-5-9(14)7-10/h3,5-8H,2,4,15H2,1H3,(H,16,17,18). The van der Waals surface area contributed by atoms with Gasteiger partial charge in [-0.25, -0.2) is 15.8 Å². The van der Waals surface area contributed by atoms with Gasteiger partial charge in [0, 0.05) is 5.02 Å². The number of halogens is 1. The van der Waals surface area contributed by atoms with E-state index in [1.54, 1.807) is 12.1 Å². The maximum absolute atomic E-state index is 5.93. The first-order valence-electron chi connectivity index (χ1n) is 5.98. The van der Waals surface area contributed by atoms with Gasteiger partial charge in [0.25, 0.3) is 0 Å². The number of aromatic nitrogens is 2. The van der Waals surface area contributed by atoms with Crippen LogP contribution < -0.4 is 16.0 Å². The number of hydrogen-bond donors (Lipinski definition) is 2. The second-order valence-electron chi connectivity index (χ2n) is 3.96. The van der Waals surface area contributed by atoms with Gasteiger partial charge in [-0.1, -0.05) is 31.0 Å². The number of nitrogens with one attached hydrogen (secondary N) is 1. The minimum Gasteiger partial charge on any atom is -0.438 e. The Balaban J connectivity index is 2.33. The van der Waals surface area contributed by atoms with E-state index in [0.717, 1.165) is 18.4 Å². The quantitative estimate of drug-likeness (QED) is 0.649. The monoisotopic (exact) mass is 278 g/mol. The van der Waals surface area contributed by atoms with Crippen LogP contribution in [0.15, 0.2) is 30.6 Å². The van der Waals surface area contributed by atoms with Gasteiger partial charge < -0.3 is 10.2 Å². The predicted octanol–water partition coefficient (Wildman–Crippen LogP) is 3.16. The molecule has 0 radical (unpaired) electrons. The molecule has 0 spiro atoms. The second kappa shape index (κ2) is 6.36. The summed E-state index contributed by atoms with van der Waals surface area (Å²) < 4.78 is 5.75. The molecule has 0 saturated carbocycles. The highest BCUT2D eigenvalue weighted by Crippen LogP contribution is 2.28. The Morgan fingerprint density at radius 2 is 2.21 bits per heavy atom. The minimum atomic E-state index is 0.493. The van der Waals surface area contributed by atoms with Gasteiger partial charge in [0.15, 0.2) is 0 Å². The smallest absolute Gasteiger partial charge is 0.227 e. The molecule has 0 fully saturated rings. The van der Waals surface area contributed by atoms with E-state index < -0.39 is 0 Å². The number of nitrogens with two attached hydrogens (primary N) is 1. The topological polar surface area (TPSA) is 73.1 Å². The van der Waals surface area contributed by atoms with E-state index in [0.29, 0.717) is 22.5 Å². The molecule has 3 N–H and O–H groups in total. The Hall–Kier alpha value is -1.85. The average molecular weight is 279 g/mol. The van der Waals surface area contributed by atoms with Crippen molar-refractivity contribution in [3.8, 4) is 11.6 Å². The SMILES string of the molecule is CCCc1c(NN)ncnc1Oc1cccc(Cl)c1. The van der Waals surface area contributed by atoms with Crippen LogP contribution in [0.2, 0.25) is 5.02 Å². The molecule has 0 aliphatic rings. The number of anilines is 1. The zero-order valence-electron chi connectivity index (χ0n) is 10.6. The molecule has 0 amide bonds. The van der Waals surface area contributed by atoms with Crippen molar-refractivity contribution in [1.82, 2.24) is 9.97 Å². The Bertz CT molecular complexity index is 562. The van der Waals surface area contributed by atoms with Crippen molar-refractivity contribution in [2.24, 2.45) is 5.84 Å². The lowest BCUT2D eigenvalue weighted by atomic mass is 10.2. The van der Waals surface area contributed by atoms with Crippen LogP contribution in [0.3, 0.4) is 0 Å². The van der Waals surface area contributed by atoms with E-state index in [1.165, 1.54) is 6.33 Å². The van der Waals surface area contributed by atoms with Crippen LogP contribution in [0.5, 0.6) is 11.6 Å². The van der Waals surface area contributed by atoms with Crippen molar-refractivity contribution in [1.29, 1.82) is 0 Å². The van der Waals surface area contributed by atoms with Crippen LogP contribution in [-0.2, 0) is 6.42 Å². The number of nitrogens with zero attached hydrogens (tertiary/aromatic N) is 2. The molecule has 100 valence electrons. The van der Waals surface area contributed by atoms with Crippen molar-refractivity contribution in [3.05, 3.63) is 41.2 Å². The third-order valence-corrected chi connectivity index (χ3v) is 2.79. The maximum Gasteiger partial charge on any atom is 0.227 e. The average Bonchev–Trinajstić information content (AvgIpc) is 2.41. The van der Waals surface area contributed by atoms with E-state index in [2.05, 4.69) is 22.3 Å². The Labute approximate surface area is 116 Å². The maximum atomic E-state index is 5.93. The first kappa shape index (κ1) is 13.6. The molecule has 0 saturated heterocycles. The highest BCUT2D eigenvalue weighted by atomic mass is 35.5. The third kappa shape index (κ3) is 3.33. The number of benzene rings is 1. The van der Waals surface area contributed by atoms with Gasteiger partial charge in [-0.3, -0.25) is 0 Å². The van der Waals surface area contributed by atoms with Crippen molar-refractivity contribution >= 4 is 17.4 Å². The number of rotatable bonds is 5. The van der Waals surface area contributed by atoms with E-state index >= 15 is 0 Å². The number of nitrogen functional groups attached to an aromatic ring is 1.